The largest absolute Gasteiger partial charge is 0.296 e. The Labute approximate surface area is 126 Å². The second kappa shape index (κ2) is 6.85. The number of hydrogen-bond acceptors (Lipinski definition) is 4. The highest BCUT2D eigenvalue weighted by atomic mass is 32.2. The van der Waals surface area contributed by atoms with Crippen LogP contribution in [0.3, 0.4) is 0 Å². The van der Waals surface area contributed by atoms with Crippen molar-refractivity contribution in [2.45, 2.75) is 13.0 Å². The minimum absolute atomic E-state index is 0.0609. The SMILES string of the molecule is C[C@@H](c1ccccc1)N1C[C@H](CF)[C@@H](COS(C)(=O)=O)C1. The zero-order valence-electron chi connectivity index (χ0n) is 12.4. The third-order valence-corrected chi connectivity index (χ3v) is 4.69. The molecule has 0 radical (unpaired) electrons. The molecule has 2 rings (SSSR count). The van der Waals surface area contributed by atoms with E-state index in [1.54, 1.807) is 0 Å². The van der Waals surface area contributed by atoms with Gasteiger partial charge in [-0.2, -0.15) is 8.42 Å². The smallest absolute Gasteiger partial charge is 0.264 e. The van der Waals surface area contributed by atoms with Gasteiger partial charge in [-0.15, -0.1) is 0 Å². The third-order valence-electron chi connectivity index (χ3n) is 4.13. The van der Waals surface area contributed by atoms with Crippen molar-refractivity contribution in [2.24, 2.45) is 11.8 Å². The number of benzene rings is 1. The second-order valence-electron chi connectivity index (χ2n) is 5.70. The normalized spacial score (nSPS) is 25.1. The van der Waals surface area contributed by atoms with E-state index in [0.29, 0.717) is 13.1 Å². The maximum atomic E-state index is 13.2. The Hall–Kier alpha value is -0.980. The summed E-state index contributed by atoms with van der Waals surface area (Å²) in [5, 5.41) is 0. The number of hydrogen-bond donors (Lipinski definition) is 0. The highest BCUT2D eigenvalue weighted by Crippen LogP contribution is 2.31. The predicted molar refractivity (Wildman–Crippen MR) is 80.2 cm³/mol. The van der Waals surface area contributed by atoms with Crippen LogP contribution in [0.25, 0.3) is 0 Å². The Morgan fingerprint density at radius 1 is 1.29 bits per heavy atom. The summed E-state index contributed by atoms with van der Waals surface area (Å²) in [6.45, 7) is 2.98. The van der Waals surface area contributed by atoms with Gasteiger partial charge in [0.1, 0.15) is 0 Å². The van der Waals surface area contributed by atoms with Crippen LogP contribution in [-0.4, -0.2) is 45.9 Å². The van der Waals surface area contributed by atoms with E-state index in [4.69, 9.17) is 4.18 Å². The van der Waals surface area contributed by atoms with Crippen LogP contribution in [0.1, 0.15) is 18.5 Å². The molecule has 0 unspecified atom stereocenters. The summed E-state index contributed by atoms with van der Waals surface area (Å²) in [5.41, 5.74) is 1.18. The van der Waals surface area contributed by atoms with Gasteiger partial charge >= 0.3 is 0 Å². The van der Waals surface area contributed by atoms with E-state index in [1.165, 1.54) is 5.56 Å². The average molecular weight is 315 g/mol. The van der Waals surface area contributed by atoms with Crippen molar-refractivity contribution in [3.8, 4) is 0 Å². The fourth-order valence-corrected chi connectivity index (χ4v) is 3.23. The first kappa shape index (κ1) is 16.4. The molecule has 3 atom stereocenters. The van der Waals surface area contributed by atoms with Gasteiger partial charge in [0.15, 0.2) is 0 Å². The lowest BCUT2D eigenvalue weighted by Gasteiger charge is -2.24. The Morgan fingerprint density at radius 2 is 1.90 bits per heavy atom. The van der Waals surface area contributed by atoms with E-state index in [1.807, 2.05) is 18.2 Å². The van der Waals surface area contributed by atoms with Crippen molar-refractivity contribution in [3.05, 3.63) is 35.9 Å². The molecule has 1 saturated heterocycles. The lowest BCUT2D eigenvalue weighted by molar-refractivity contribution is 0.207. The Balaban J connectivity index is 2.01. The fourth-order valence-electron chi connectivity index (χ4n) is 2.81. The van der Waals surface area contributed by atoms with Crippen LogP contribution in [0.5, 0.6) is 0 Å². The van der Waals surface area contributed by atoms with Crippen molar-refractivity contribution in [2.75, 3.05) is 32.6 Å². The minimum atomic E-state index is -3.47. The first-order valence-corrected chi connectivity index (χ1v) is 8.91. The molecule has 0 saturated carbocycles. The highest BCUT2D eigenvalue weighted by Gasteiger charge is 2.35. The van der Waals surface area contributed by atoms with E-state index in [-0.39, 0.29) is 24.5 Å². The van der Waals surface area contributed by atoms with Crippen LogP contribution < -0.4 is 0 Å². The van der Waals surface area contributed by atoms with E-state index in [0.717, 1.165) is 6.26 Å². The van der Waals surface area contributed by atoms with Gasteiger partial charge in [0.2, 0.25) is 0 Å². The molecule has 1 aromatic rings. The molecule has 0 amide bonds. The summed E-state index contributed by atoms with van der Waals surface area (Å²) in [6, 6.07) is 10.2. The number of alkyl halides is 1. The molecule has 1 heterocycles. The molecule has 1 aromatic carbocycles. The van der Waals surface area contributed by atoms with Crippen LogP contribution >= 0.6 is 0 Å². The van der Waals surface area contributed by atoms with Gasteiger partial charge in [-0.3, -0.25) is 13.5 Å². The maximum absolute atomic E-state index is 13.2. The van der Waals surface area contributed by atoms with Crippen LogP contribution in [0.4, 0.5) is 4.39 Å². The van der Waals surface area contributed by atoms with E-state index >= 15 is 0 Å². The average Bonchev–Trinajstić information content (AvgIpc) is 2.88. The summed E-state index contributed by atoms with van der Waals surface area (Å²) < 4.78 is 40.2. The molecular formula is C15H22FNO3S. The zero-order valence-corrected chi connectivity index (χ0v) is 13.2. The van der Waals surface area contributed by atoms with Crippen LogP contribution in [0, 0.1) is 11.8 Å². The van der Waals surface area contributed by atoms with Crippen molar-refractivity contribution < 1.29 is 17.0 Å². The van der Waals surface area contributed by atoms with Gasteiger partial charge in [0, 0.05) is 31.0 Å². The summed E-state index contributed by atoms with van der Waals surface area (Å²) in [4.78, 5) is 2.19. The molecule has 0 aliphatic carbocycles. The number of halogens is 1. The molecule has 0 aromatic heterocycles. The fraction of sp³-hybridized carbons (Fsp3) is 0.600. The lowest BCUT2D eigenvalue weighted by Crippen LogP contribution is -2.25. The molecule has 4 nitrogen and oxygen atoms in total. The van der Waals surface area contributed by atoms with Crippen molar-refractivity contribution in [3.63, 3.8) is 0 Å². The summed E-state index contributed by atoms with van der Waals surface area (Å²) in [7, 11) is -3.47. The molecule has 1 fully saturated rings. The lowest BCUT2D eigenvalue weighted by atomic mass is 9.99. The summed E-state index contributed by atoms with van der Waals surface area (Å²) in [5.74, 6) is -0.256. The Kier molecular flexibility index (Phi) is 5.35. The van der Waals surface area contributed by atoms with Gasteiger partial charge < -0.3 is 0 Å². The zero-order chi connectivity index (χ0) is 15.5. The number of likely N-dealkylation sites (tertiary alicyclic amines) is 1. The molecule has 21 heavy (non-hydrogen) atoms. The Bertz CT molecular complexity index is 549. The monoisotopic (exact) mass is 315 g/mol. The van der Waals surface area contributed by atoms with E-state index in [2.05, 4.69) is 24.0 Å². The first-order valence-electron chi connectivity index (χ1n) is 7.10. The van der Waals surface area contributed by atoms with Crippen molar-refractivity contribution in [1.29, 1.82) is 0 Å². The number of rotatable bonds is 6. The molecule has 1 aliphatic rings. The van der Waals surface area contributed by atoms with Crippen molar-refractivity contribution in [1.82, 2.24) is 4.90 Å². The maximum Gasteiger partial charge on any atom is 0.264 e. The van der Waals surface area contributed by atoms with Crippen LogP contribution in [-0.2, 0) is 14.3 Å². The van der Waals surface area contributed by atoms with Gasteiger partial charge in [0.05, 0.1) is 19.5 Å². The molecule has 0 spiro atoms. The number of nitrogens with zero attached hydrogens (tertiary/aromatic N) is 1. The Morgan fingerprint density at radius 3 is 2.48 bits per heavy atom. The molecule has 0 bridgehead atoms. The van der Waals surface area contributed by atoms with Gasteiger partial charge in [0.25, 0.3) is 10.1 Å². The molecule has 118 valence electrons. The van der Waals surface area contributed by atoms with Crippen molar-refractivity contribution >= 4 is 10.1 Å². The molecule has 0 N–H and O–H groups in total. The van der Waals surface area contributed by atoms with Crippen LogP contribution in [0.15, 0.2) is 30.3 Å². The van der Waals surface area contributed by atoms with Gasteiger partial charge in [-0.05, 0) is 12.5 Å². The second-order valence-corrected chi connectivity index (χ2v) is 7.35. The quantitative estimate of drug-likeness (QED) is 0.755. The minimum Gasteiger partial charge on any atom is -0.296 e. The first-order chi connectivity index (χ1) is 9.90. The summed E-state index contributed by atoms with van der Waals surface area (Å²) in [6.07, 6.45) is 1.02. The third kappa shape index (κ3) is 4.49. The highest BCUT2D eigenvalue weighted by molar-refractivity contribution is 7.85. The molecule has 6 heteroatoms. The topological polar surface area (TPSA) is 46.6 Å². The molecular weight excluding hydrogens is 293 g/mol. The van der Waals surface area contributed by atoms with E-state index < -0.39 is 16.8 Å². The van der Waals surface area contributed by atoms with Crippen LogP contribution in [0.2, 0.25) is 0 Å². The standard InChI is InChI=1S/C15H22FNO3S/c1-12(13-6-4-3-5-7-13)17-9-14(8-16)15(10-17)11-20-21(2,18)19/h3-7,12,14-15H,8-11H2,1-2H3/t12-,14-,15+/m0/s1. The van der Waals surface area contributed by atoms with Gasteiger partial charge in [-0.1, -0.05) is 30.3 Å². The molecule has 1 aliphatic heterocycles. The summed E-state index contributed by atoms with van der Waals surface area (Å²) >= 11 is 0. The van der Waals surface area contributed by atoms with Gasteiger partial charge in [-0.25, -0.2) is 0 Å². The predicted octanol–water partition coefficient (Wildman–Crippen LogP) is 2.24. The van der Waals surface area contributed by atoms with E-state index in [9.17, 15) is 12.8 Å².